The minimum atomic E-state index is -3.84. The Labute approximate surface area is 187 Å². The molecule has 10 heteroatoms. The Morgan fingerprint density at radius 2 is 1.56 bits per heavy atom. The zero-order valence-corrected chi connectivity index (χ0v) is 18.7. The summed E-state index contributed by atoms with van der Waals surface area (Å²) in [4.78, 5) is 12.8. The number of nitrogen functional groups attached to an aromatic ring is 1. The van der Waals surface area contributed by atoms with Crippen molar-refractivity contribution in [3.63, 3.8) is 0 Å². The molecule has 1 aliphatic rings. The van der Waals surface area contributed by atoms with E-state index in [4.69, 9.17) is 15.2 Å². The van der Waals surface area contributed by atoms with Crippen LogP contribution in [0.3, 0.4) is 0 Å². The van der Waals surface area contributed by atoms with Gasteiger partial charge in [0.25, 0.3) is 0 Å². The van der Waals surface area contributed by atoms with E-state index in [2.05, 4.69) is 14.9 Å². The summed E-state index contributed by atoms with van der Waals surface area (Å²) in [6.07, 6.45) is 1.28. The van der Waals surface area contributed by atoms with Crippen LogP contribution in [0.25, 0.3) is 0 Å². The summed E-state index contributed by atoms with van der Waals surface area (Å²) in [6, 6.07) is 14.0. The monoisotopic (exact) mass is 455 g/mol. The zero-order valence-electron chi connectivity index (χ0n) is 17.9. The molecule has 2 heterocycles. The highest BCUT2D eigenvalue weighted by molar-refractivity contribution is 7.91. The number of aromatic nitrogens is 2. The van der Waals surface area contributed by atoms with Gasteiger partial charge in [-0.1, -0.05) is 12.1 Å². The first-order valence-electron chi connectivity index (χ1n) is 10.1. The van der Waals surface area contributed by atoms with Crippen molar-refractivity contribution < 1.29 is 17.9 Å². The average molecular weight is 456 g/mol. The molecule has 1 saturated heterocycles. The van der Waals surface area contributed by atoms with Crippen LogP contribution in [0.2, 0.25) is 0 Å². The van der Waals surface area contributed by atoms with Gasteiger partial charge in [-0.3, -0.25) is 0 Å². The van der Waals surface area contributed by atoms with Crippen LogP contribution in [-0.4, -0.2) is 58.8 Å². The SMILES string of the molecule is COc1ccc(S(=O)(=O)c2cnc(N3CCN(c4ccccc4OC)CC3)nc2N)cc1. The molecule has 0 radical (unpaired) electrons. The molecule has 0 unspecified atom stereocenters. The number of nitrogens with zero attached hydrogens (tertiary/aromatic N) is 4. The van der Waals surface area contributed by atoms with Gasteiger partial charge in [0.1, 0.15) is 22.2 Å². The smallest absolute Gasteiger partial charge is 0.227 e. The van der Waals surface area contributed by atoms with Crippen molar-refractivity contribution in [1.29, 1.82) is 0 Å². The topological polar surface area (TPSA) is 111 Å². The molecule has 0 bridgehead atoms. The number of anilines is 3. The Bertz CT molecular complexity index is 1190. The van der Waals surface area contributed by atoms with Crippen molar-refractivity contribution in [3.05, 3.63) is 54.7 Å². The van der Waals surface area contributed by atoms with Gasteiger partial charge in [0.05, 0.1) is 31.0 Å². The fourth-order valence-corrected chi connectivity index (χ4v) is 4.91. The third-order valence-electron chi connectivity index (χ3n) is 5.42. The van der Waals surface area contributed by atoms with Gasteiger partial charge in [-0.15, -0.1) is 0 Å². The summed E-state index contributed by atoms with van der Waals surface area (Å²) in [5, 5.41) is 0. The molecule has 2 aromatic carbocycles. The largest absolute Gasteiger partial charge is 0.497 e. The van der Waals surface area contributed by atoms with Gasteiger partial charge >= 0.3 is 0 Å². The van der Waals surface area contributed by atoms with E-state index in [0.29, 0.717) is 24.8 Å². The summed E-state index contributed by atoms with van der Waals surface area (Å²) < 4.78 is 36.5. The van der Waals surface area contributed by atoms with Crippen LogP contribution >= 0.6 is 0 Å². The number of nitrogens with two attached hydrogens (primary N) is 1. The first kappa shape index (κ1) is 21.7. The predicted molar refractivity (Wildman–Crippen MR) is 122 cm³/mol. The van der Waals surface area contributed by atoms with Crippen molar-refractivity contribution in [1.82, 2.24) is 9.97 Å². The highest BCUT2D eigenvalue weighted by Crippen LogP contribution is 2.30. The van der Waals surface area contributed by atoms with Gasteiger partial charge < -0.3 is 25.0 Å². The second-order valence-corrected chi connectivity index (χ2v) is 9.16. The maximum atomic E-state index is 13.0. The molecule has 168 valence electrons. The molecule has 0 saturated carbocycles. The summed E-state index contributed by atoms with van der Waals surface area (Å²) >= 11 is 0. The van der Waals surface area contributed by atoms with Crippen molar-refractivity contribution in [2.24, 2.45) is 0 Å². The number of hydrogen-bond acceptors (Lipinski definition) is 9. The van der Waals surface area contributed by atoms with Gasteiger partial charge in [0, 0.05) is 26.2 Å². The Kier molecular flexibility index (Phi) is 6.04. The number of sulfone groups is 1. The van der Waals surface area contributed by atoms with Gasteiger partial charge in [0.2, 0.25) is 15.8 Å². The molecule has 1 fully saturated rings. The maximum absolute atomic E-state index is 13.0. The van der Waals surface area contributed by atoms with Crippen LogP contribution in [-0.2, 0) is 9.84 Å². The maximum Gasteiger partial charge on any atom is 0.227 e. The fourth-order valence-electron chi connectivity index (χ4n) is 3.65. The van der Waals surface area contributed by atoms with Gasteiger partial charge in [-0.05, 0) is 36.4 Å². The van der Waals surface area contributed by atoms with Crippen LogP contribution in [0.4, 0.5) is 17.5 Å². The van der Waals surface area contributed by atoms with E-state index in [0.717, 1.165) is 24.5 Å². The molecule has 32 heavy (non-hydrogen) atoms. The first-order valence-corrected chi connectivity index (χ1v) is 11.6. The second kappa shape index (κ2) is 8.91. The first-order chi connectivity index (χ1) is 15.4. The fraction of sp³-hybridized carbons (Fsp3) is 0.273. The Hall–Kier alpha value is -3.53. The predicted octanol–water partition coefficient (Wildman–Crippen LogP) is 2.24. The number of rotatable bonds is 6. The standard InChI is InChI=1S/C22H25N5O4S/c1-30-16-7-9-17(10-8-16)32(28,29)20-15-24-22(25-21(20)23)27-13-11-26(12-14-27)18-5-3-4-6-19(18)31-2/h3-10,15H,11-14H2,1-2H3,(H2,23,24,25). The van der Waals surface area contributed by atoms with E-state index in [9.17, 15) is 8.42 Å². The number of ether oxygens (including phenoxy) is 2. The van der Waals surface area contributed by atoms with E-state index in [1.807, 2.05) is 29.2 Å². The lowest BCUT2D eigenvalue weighted by Crippen LogP contribution is -2.47. The van der Waals surface area contributed by atoms with E-state index in [-0.39, 0.29) is 15.6 Å². The number of piperazine rings is 1. The quantitative estimate of drug-likeness (QED) is 0.598. The lowest BCUT2D eigenvalue weighted by molar-refractivity contribution is 0.413. The summed E-state index contributed by atoms with van der Waals surface area (Å²) in [5.74, 6) is 1.74. The van der Waals surface area contributed by atoms with Crippen molar-refractivity contribution in [3.8, 4) is 11.5 Å². The Balaban J connectivity index is 1.50. The van der Waals surface area contributed by atoms with Crippen LogP contribution in [0.5, 0.6) is 11.5 Å². The molecular formula is C22H25N5O4S. The molecule has 2 N–H and O–H groups in total. The molecule has 1 aliphatic heterocycles. The highest BCUT2D eigenvalue weighted by Gasteiger charge is 2.25. The molecule has 0 atom stereocenters. The van der Waals surface area contributed by atoms with Crippen molar-refractivity contribution >= 4 is 27.3 Å². The molecule has 0 spiro atoms. The zero-order chi connectivity index (χ0) is 22.7. The number of hydrogen-bond donors (Lipinski definition) is 1. The van der Waals surface area contributed by atoms with E-state index in [1.165, 1.54) is 25.4 Å². The highest BCUT2D eigenvalue weighted by atomic mass is 32.2. The van der Waals surface area contributed by atoms with Crippen LogP contribution in [0.15, 0.2) is 64.5 Å². The summed E-state index contributed by atoms with van der Waals surface area (Å²) in [6.45, 7) is 2.83. The third kappa shape index (κ3) is 4.13. The van der Waals surface area contributed by atoms with E-state index >= 15 is 0 Å². The number of para-hydroxylation sites is 2. The third-order valence-corrected chi connectivity index (χ3v) is 7.20. The van der Waals surface area contributed by atoms with Crippen LogP contribution in [0, 0.1) is 0 Å². The second-order valence-electron chi connectivity index (χ2n) is 7.24. The van der Waals surface area contributed by atoms with Crippen molar-refractivity contribution in [2.45, 2.75) is 9.79 Å². The minimum absolute atomic E-state index is 0.0713. The number of methoxy groups -OCH3 is 2. The number of benzene rings is 2. The minimum Gasteiger partial charge on any atom is -0.497 e. The average Bonchev–Trinajstić information content (AvgIpc) is 2.84. The summed E-state index contributed by atoms with van der Waals surface area (Å²) in [7, 11) is -0.663. The van der Waals surface area contributed by atoms with Gasteiger partial charge in [0.15, 0.2) is 0 Å². The molecule has 9 nitrogen and oxygen atoms in total. The lowest BCUT2D eigenvalue weighted by Gasteiger charge is -2.36. The molecule has 1 aromatic heterocycles. The Morgan fingerprint density at radius 1 is 0.906 bits per heavy atom. The Morgan fingerprint density at radius 3 is 2.19 bits per heavy atom. The van der Waals surface area contributed by atoms with E-state index < -0.39 is 9.84 Å². The van der Waals surface area contributed by atoms with Crippen LogP contribution in [0.1, 0.15) is 0 Å². The normalized spacial score (nSPS) is 14.3. The van der Waals surface area contributed by atoms with Gasteiger partial charge in [-0.25, -0.2) is 13.4 Å². The molecule has 4 rings (SSSR count). The van der Waals surface area contributed by atoms with Crippen molar-refractivity contribution in [2.75, 3.05) is 55.9 Å². The van der Waals surface area contributed by atoms with E-state index in [1.54, 1.807) is 19.2 Å². The molecule has 3 aromatic rings. The van der Waals surface area contributed by atoms with Crippen LogP contribution < -0.4 is 25.0 Å². The summed E-state index contributed by atoms with van der Waals surface area (Å²) in [5.41, 5.74) is 7.09. The molecule has 0 aliphatic carbocycles. The molecule has 0 amide bonds. The van der Waals surface area contributed by atoms with Gasteiger partial charge in [-0.2, -0.15) is 4.98 Å². The molecular weight excluding hydrogens is 430 g/mol. The lowest BCUT2D eigenvalue weighted by atomic mass is 10.2.